The number of hydrogen-bond donors (Lipinski definition) is 1. The summed E-state index contributed by atoms with van der Waals surface area (Å²) in [6.07, 6.45) is 0.789. The molecule has 23 heavy (non-hydrogen) atoms. The highest BCUT2D eigenvalue weighted by Crippen LogP contribution is 2.20. The largest absolute Gasteiger partial charge is 0.493 e. The molecule has 0 saturated carbocycles. The van der Waals surface area contributed by atoms with Crippen molar-refractivity contribution in [2.75, 3.05) is 18.5 Å². The Balaban J connectivity index is 1.75. The molecule has 0 aliphatic heterocycles. The monoisotopic (exact) mass is 313 g/mol. The first kappa shape index (κ1) is 16.9. The highest BCUT2D eigenvalue weighted by molar-refractivity contribution is 5.88. The molecule has 0 spiro atoms. The number of carbonyl (C=O) groups is 1. The number of ether oxygens (including phenoxy) is 2. The third-order valence-electron chi connectivity index (χ3n) is 3.31. The zero-order chi connectivity index (χ0) is 16.7. The smallest absolute Gasteiger partial charge is 0.221 e. The van der Waals surface area contributed by atoms with Crippen LogP contribution in [0, 0.1) is 13.8 Å². The van der Waals surface area contributed by atoms with Gasteiger partial charge in [-0.1, -0.05) is 18.2 Å². The number of hydrogen-bond acceptors (Lipinski definition) is 3. The zero-order valence-electron chi connectivity index (χ0n) is 13.9. The van der Waals surface area contributed by atoms with E-state index < -0.39 is 0 Å². The van der Waals surface area contributed by atoms with Crippen molar-refractivity contribution in [3.63, 3.8) is 0 Å². The molecule has 0 heterocycles. The first-order valence-corrected chi connectivity index (χ1v) is 7.75. The van der Waals surface area contributed by atoms with Gasteiger partial charge in [0, 0.05) is 25.1 Å². The Labute approximate surface area is 137 Å². The van der Waals surface area contributed by atoms with Crippen molar-refractivity contribution in [3.8, 4) is 11.5 Å². The summed E-state index contributed by atoms with van der Waals surface area (Å²) in [7, 11) is 0. The third-order valence-corrected chi connectivity index (χ3v) is 3.31. The first-order chi connectivity index (χ1) is 11.0. The third kappa shape index (κ3) is 5.66. The Morgan fingerprint density at radius 3 is 2.61 bits per heavy atom. The lowest BCUT2D eigenvalue weighted by Crippen LogP contribution is -2.07. The van der Waals surface area contributed by atoms with Crippen LogP contribution < -0.4 is 14.8 Å². The fourth-order valence-electron chi connectivity index (χ4n) is 2.16. The fraction of sp³-hybridized carbons (Fsp3) is 0.316. The van der Waals surface area contributed by atoms with Crippen LogP contribution in [0.25, 0.3) is 0 Å². The Hall–Kier alpha value is -2.49. The summed E-state index contributed by atoms with van der Waals surface area (Å²) in [5.74, 6) is 1.57. The molecule has 0 aliphatic rings. The molecule has 2 rings (SSSR count). The lowest BCUT2D eigenvalue weighted by Gasteiger charge is -2.11. The minimum absolute atomic E-state index is 0.0934. The van der Waals surface area contributed by atoms with Gasteiger partial charge in [0.15, 0.2) is 0 Å². The van der Waals surface area contributed by atoms with Crippen LogP contribution >= 0.6 is 0 Å². The van der Waals surface area contributed by atoms with E-state index in [-0.39, 0.29) is 5.91 Å². The minimum atomic E-state index is -0.0934. The van der Waals surface area contributed by atoms with E-state index in [1.165, 1.54) is 12.5 Å². The van der Waals surface area contributed by atoms with Crippen molar-refractivity contribution in [2.24, 2.45) is 0 Å². The maximum Gasteiger partial charge on any atom is 0.221 e. The molecule has 1 N–H and O–H groups in total. The Morgan fingerprint density at radius 2 is 1.83 bits per heavy atom. The molecule has 0 atom stereocenters. The van der Waals surface area contributed by atoms with Gasteiger partial charge in [-0.2, -0.15) is 0 Å². The van der Waals surface area contributed by atoms with Gasteiger partial charge in [-0.05, 0) is 43.2 Å². The van der Waals surface area contributed by atoms with Gasteiger partial charge >= 0.3 is 0 Å². The van der Waals surface area contributed by atoms with E-state index in [9.17, 15) is 4.79 Å². The molecule has 1 amide bonds. The summed E-state index contributed by atoms with van der Waals surface area (Å²) in [4.78, 5) is 11.0. The second-order valence-electron chi connectivity index (χ2n) is 5.53. The molecule has 2 aromatic carbocycles. The van der Waals surface area contributed by atoms with Crippen LogP contribution in [0.2, 0.25) is 0 Å². The van der Waals surface area contributed by atoms with Crippen molar-refractivity contribution in [2.45, 2.75) is 27.2 Å². The first-order valence-electron chi connectivity index (χ1n) is 7.75. The van der Waals surface area contributed by atoms with Crippen LogP contribution in [0.15, 0.2) is 42.5 Å². The topological polar surface area (TPSA) is 47.6 Å². The predicted octanol–water partition coefficient (Wildman–Crippen LogP) is 4.11. The van der Waals surface area contributed by atoms with E-state index in [0.29, 0.717) is 13.2 Å². The van der Waals surface area contributed by atoms with Crippen LogP contribution in [0.4, 0.5) is 5.69 Å². The highest BCUT2D eigenvalue weighted by atomic mass is 16.5. The minimum Gasteiger partial charge on any atom is -0.493 e. The summed E-state index contributed by atoms with van der Waals surface area (Å²) in [6, 6.07) is 13.6. The number of anilines is 1. The molecule has 0 aromatic heterocycles. The van der Waals surface area contributed by atoms with Gasteiger partial charge in [-0.3, -0.25) is 4.79 Å². The summed E-state index contributed by atoms with van der Waals surface area (Å²) in [5.41, 5.74) is 3.07. The molecule has 4 heteroatoms. The summed E-state index contributed by atoms with van der Waals surface area (Å²) in [6.45, 7) is 6.75. The lowest BCUT2D eigenvalue weighted by atomic mass is 10.1. The molecule has 0 saturated heterocycles. The van der Waals surface area contributed by atoms with Crippen molar-refractivity contribution in [1.29, 1.82) is 0 Å². The number of rotatable bonds is 7. The average Bonchev–Trinajstić information content (AvgIpc) is 2.50. The zero-order valence-corrected chi connectivity index (χ0v) is 13.9. The van der Waals surface area contributed by atoms with Gasteiger partial charge in [0.05, 0.1) is 13.2 Å². The van der Waals surface area contributed by atoms with E-state index in [4.69, 9.17) is 9.47 Å². The van der Waals surface area contributed by atoms with Gasteiger partial charge in [-0.15, -0.1) is 0 Å². The summed E-state index contributed by atoms with van der Waals surface area (Å²) in [5, 5.41) is 2.74. The molecular formula is C19H23NO3. The number of benzene rings is 2. The number of carbonyl (C=O) groups excluding carboxylic acids is 1. The standard InChI is InChI=1S/C19H23NO3/c1-14-8-9-15(2)19(12-14)23-11-5-10-22-18-7-4-6-17(13-18)20-16(3)21/h4,6-9,12-13H,5,10-11H2,1-3H3,(H,20,21). The number of amides is 1. The Kier molecular flexibility index (Phi) is 6.03. The van der Waals surface area contributed by atoms with Gasteiger partial charge in [-0.25, -0.2) is 0 Å². The summed E-state index contributed by atoms with van der Waals surface area (Å²) < 4.78 is 11.5. The van der Waals surface area contributed by atoms with Gasteiger partial charge in [0.25, 0.3) is 0 Å². The molecule has 0 radical (unpaired) electrons. The van der Waals surface area contributed by atoms with Gasteiger partial charge < -0.3 is 14.8 Å². The van der Waals surface area contributed by atoms with Crippen LogP contribution in [-0.4, -0.2) is 19.1 Å². The predicted molar refractivity (Wildman–Crippen MR) is 92.3 cm³/mol. The lowest BCUT2D eigenvalue weighted by molar-refractivity contribution is -0.114. The van der Waals surface area contributed by atoms with E-state index in [1.54, 1.807) is 0 Å². The maximum atomic E-state index is 11.0. The maximum absolute atomic E-state index is 11.0. The second-order valence-corrected chi connectivity index (χ2v) is 5.53. The van der Waals surface area contributed by atoms with Crippen LogP contribution in [0.5, 0.6) is 11.5 Å². The van der Waals surface area contributed by atoms with Crippen molar-refractivity contribution in [1.82, 2.24) is 0 Å². The van der Waals surface area contributed by atoms with Crippen molar-refractivity contribution in [3.05, 3.63) is 53.6 Å². The highest BCUT2D eigenvalue weighted by Gasteiger charge is 2.01. The number of aryl methyl sites for hydroxylation is 2. The van der Waals surface area contributed by atoms with E-state index in [0.717, 1.165) is 29.2 Å². The molecular weight excluding hydrogens is 290 g/mol. The number of nitrogens with one attached hydrogen (secondary N) is 1. The Bertz CT molecular complexity index is 667. The molecule has 0 aliphatic carbocycles. The normalized spacial score (nSPS) is 10.2. The molecule has 0 fully saturated rings. The van der Waals surface area contributed by atoms with E-state index in [1.807, 2.05) is 37.3 Å². The average molecular weight is 313 g/mol. The summed E-state index contributed by atoms with van der Waals surface area (Å²) >= 11 is 0. The molecule has 4 nitrogen and oxygen atoms in total. The molecule has 0 bridgehead atoms. The van der Waals surface area contributed by atoms with Crippen molar-refractivity contribution < 1.29 is 14.3 Å². The Morgan fingerprint density at radius 1 is 1.04 bits per heavy atom. The molecule has 122 valence electrons. The molecule has 2 aromatic rings. The molecule has 0 unspecified atom stereocenters. The van der Waals surface area contributed by atoms with Crippen molar-refractivity contribution >= 4 is 11.6 Å². The van der Waals surface area contributed by atoms with Crippen LogP contribution in [0.3, 0.4) is 0 Å². The SMILES string of the molecule is CC(=O)Nc1cccc(OCCCOc2cc(C)ccc2C)c1. The fourth-order valence-corrected chi connectivity index (χ4v) is 2.16. The van der Waals surface area contributed by atoms with Gasteiger partial charge in [0.2, 0.25) is 5.91 Å². The van der Waals surface area contributed by atoms with E-state index in [2.05, 4.69) is 24.4 Å². The second kappa shape index (κ2) is 8.22. The van der Waals surface area contributed by atoms with E-state index >= 15 is 0 Å². The quantitative estimate of drug-likeness (QED) is 0.783. The van der Waals surface area contributed by atoms with Crippen LogP contribution in [0.1, 0.15) is 24.5 Å². The van der Waals surface area contributed by atoms with Crippen LogP contribution in [-0.2, 0) is 4.79 Å². The van der Waals surface area contributed by atoms with Gasteiger partial charge in [0.1, 0.15) is 11.5 Å².